The highest BCUT2D eigenvalue weighted by molar-refractivity contribution is 6.15. The average Bonchev–Trinajstić information content (AvgIpc) is 3.45. The Morgan fingerprint density at radius 1 is 0.340 bits per heavy atom. The predicted octanol–water partition coefficient (Wildman–Crippen LogP) is 12.8. The number of fused-ring (bicyclic) bond motifs is 5. The summed E-state index contributed by atoms with van der Waals surface area (Å²) in [7, 11) is 0. The highest BCUT2D eigenvalue weighted by Crippen LogP contribution is 2.55. The van der Waals surface area contributed by atoms with Gasteiger partial charge in [0.15, 0.2) is 17.5 Å². The molecule has 0 bridgehead atoms. The van der Waals surface area contributed by atoms with Crippen LogP contribution in [-0.2, 0) is 5.41 Å². The molecule has 0 saturated heterocycles. The first kappa shape index (κ1) is 31.1. The first-order chi connectivity index (χ1) is 26.0. The quantitative estimate of drug-likeness (QED) is 0.182. The zero-order chi connectivity index (χ0) is 35.5. The smallest absolute Gasteiger partial charge is 0.164 e. The van der Waals surface area contributed by atoms with Gasteiger partial charge in [0.2, 0.25) is 0 Å². The largest absolute Gasteiger partial charge is 0.208 e. The fraction of sp³-hybridized carbons (Fsp3) is 0.0600. The van der Waals surface area contributed by atoms with Crippen molar-refractivity contribution in [1.29, 1.82) is 0 Å². The van der Waals surface area contributed by atoms with Crippen LogP contribution in [0.5, 0.6) is 0 Å². The molecule has 0 unspecified atom stereocenters. The second kappa shape index (κ2) is 12.2. The lowest BCUT2D eigenvalue weighted by Crippen LogP contribution is -2.14. The summed E-state index contributed by atoms with van der Waals surface area (Å²) < 4.78 is 0. The normalized spacial score (nSPS) is 12.9. The second-order valence-corrected chi connectivity index (χ2v) is 14.4. The van der Waals surface area contributed by atoms with Gasteiger partial charge in [-0.25, -0.2) is 15.0 Å². The van der Waals surface area contributed by atoms with Crippen LogP contribution < -0.4 is 0 Å². The first-order valence-electron chi connectivity index (χ1n) is 18.2. The van der Waals surface area contributed by atoms with Crippen molar-refractivity contribution in [3.8, 4) is 67.5 Å². The molecule has 1 aliphatic carbocycles. The van der Waals surface area contributed by atoms with E-state index in [2.05, 4.69) is 166 Å². The van der Waals surface area contributed by atoms with E-state index in [9.17, 15) is 0 Å². The van der Waals surface area contributed by atoms with Crippen molar-refractivity contribution in [2.75, 3.05) is 0 Å². The van der Waals surface area contributed by atoms with Gasteiger partial charge < -0.3 is 0 Å². The van der Waals surface area contributed by atoms with E-state index in [1.54, 1.807) is 0 Å². The highest BCUT2D eigenvalue weighted by Gasteiger charge is 2.37. The Bertz CT molecular complexity index is 2840. The van der Waals surface area contributed by atoms with E-state index in [0.717, 1.165) is 27.6 Å². The van der Waals surface area contributed by atoms with Crippen LogP contribution in [0.4, 0.5) is 0 Å². The van der Waals surface area contributed by atoms with Crippen LogP contribution in [0.3, 0.4) is 0 Å². The van der Waals surface area contributed by atoms with E-state index in [-0.39, 0.29) is 5.41 Å². The molecule has 3 heteroatoms. The lowest BCUT2D eigenvalue weighted by Gasteiger charge is -2.23. The third-order valence-corrected chi connectivity index (χ3v) is 10.9. The molecular formula is C50H35N3. The SMILES string of the molecule is CC1(C)c2ccccc2-c2c1cc1ccccc1c2-c1ccc(-c2nc(-c3ccccc3)nc(-c3ccc(-c4ccccc4)cc3)n2)c2ccccc12. The summed E-state index contributed by atoms with van der Waals surface area (Å²) >= 11 is 0. The van der Waals surface area contributed by atoms with E-state index in [1.807, 2.05) is 24.3 Å². The summed E-state index contributed by atoms with van der Waals surface area (Å²) in [6, 6.07) is 62.5. The molecule has 0 amide bonds. The van der Waals surface area contributed by atoms with Crippen LogP contribution in [-0.4, -0.2) is 15.0 Å². The molecule has 0 saturated carbocycles. The number of benzene rings is 8. The molecule has 0 spiro atoms. The molecule has 1 aliphatic rings. The molecule has 3 nitrogen and oxygen atoms in total. The van der Waals surface area contributed by atoms with Gasteiger partial charge in [0.05, 0.1) is 0 Å². The van der Waals surface area contributed by atoms with E-state index < -0.39 is 0 Å². The van der Waals surface area contributed by atoms with Crippen molar-refractivity contribution in [2.24, 2.45) is 0 Å². The Labute approximate surface area is 309 Å². The molecule has 0 N–H and O–H groups in total. The van der Waals surface area contributed by atoms with Gasteiger partial charge in [0.25, 0.3) is 0 Å². The van der Waals surface area contributed by atoms with E-state index in [4.69, 9.17) is 15.0 Å². The fourth-order valence-corrected chi connectivity index (χ4v) is 8.29. The van der Waals surface area contributed by atoms with Gasteiger partial charge in [-0.3, -0.25) is 0 Å². The summed E-state index contributed by atoms with van der Waals surface area (Å²) in [6.07, 6.45) is 0. The summed E-state index contributed by atoms with van der Waals surface area (Å²) in [5, 5.41) is 4.78. The number of rotatable bonds is 5. The van der Waals surface area contributed by atoms with E-state index >= 15 is 0 Å². The van der Waals surface area contributed by atoms with Gasteiger partial charge in [-0.15, -0.1) is 0 Å². The molecular weight excluding hydrogens is 643 g/mol. The molecule has 250 valence electrons. The van der Waals surface area contributed by atoms with Crippen molar-refractivity contribution < 1.29 is 0 Å². The van der Waals surface area contributed by atoms with Gasteiger partial charge in [0.1, 0.15) is 0 Å². The molecule has 0 aliphatic heterocycles. The van der Waals surface area contributed by atoms with Crippen LogP contribution in [0.1, 0.15) is 25.0 Å². The zero-order valence-electron chi connectivity index (χ0n) is 29.6. The summed E-state index contributed by atoms with van der Waals surface area (Å²) in [4.78, 5) is 15.4. The van der Waals surface area contributed by atoms with Crippen molar-refractivity contribution >= 4 is 21.5 Å². The summed E-state index contributed by atoms with van der Waals surface area (Å²) in [5.41, 5.74) is 12.9. The molecule has 10 rings (SSSR count). The third kappa shape index (κ3) is 5.08. The first-order valence-corrected chi connectivity index (χ1v) is 18.2. The van der Waals surface area contributed by atoms with Gasteiger partial charge >= 0.3 is 0 Å². The standard InChI is InChI=1S/C50H35N3/c1-50(2)43-24-14-13-23-42(43)46-44(50)31-36-19-9-10-20-37(36)45(46)40-29-30-41(39-22-12-11-21-38(39)40)49-52-47(34-17-7-4-8-18-34)51-48(53-49)35-27-25-33(26-28-35)32-15-5-3-6-16-32/h3-31H,1-2H3. The van der Waals surface area contributed by atoms with Gasteiger partial charge in [-0.1, -0.05) is 178 Å². The minimum Gasteiger partial charge on any atom is -0.208 e. The number of hydrogen-bond acceptors (Lipinski definition) is 3. The maximum Gasteiger partial charge on any atom is 0.164 e. The summed E-state index contributed by atoms with van der Waals surface area (Å²) in [5.74, 6) is 1.95. The average molecular weight is 678 g/mol. The lowest BCUT2D eigenvalue weighted by molar-refractivity contribution is 0.661. The zero-order valence-corrected chi connectivity index (χ0v) is 29.6. The van der Waals surface area contributed by atoms with Crippen LogP contribution in [0.25, 0.3) is 89.1 Å². The Hall–Kier alpha value is -6.71. The second-order valence-electron chi connectivity index (χ2n) is 14.4. The number of aromatic nitrogens is 3. The molecule has 8 aromatic carbocycles. The fourth-order valence-electron chi connectivity index (χ4n) is 8.29. The summed E-state index contributed by atoms with van der Waals surface area (Å²) in [6.45, 7) is 4.71. The van der Waals surface area contributed by atoms with E-state index in [0.29, 0.717) is 17.5 Å². The Morgan fingerprint density at radius 3 is 1.55 bits per heavy atom. The van der Waals surface area contributed by atoms with Crippen LogP contribution >= 0.6 is 0 Å². The molecule has 1 aromatic heterocycles. The molecule has 1 heterocycles. The maximum atomic E-state index is 5.19. The highest BCUT2D eigenvalue weighted by atomic mass is 15.0. The number of nitrogens with zero attached hydrogens (tertiary/aromatic N) is 3. The van der Waals surface area contributed by atoms with Gasteiger partial charge in [0, 0.05) is 22.1 Å². The maximum absolute atomic E-state index is 5.19. The van der Waals surface area contributed by atoms with Gasteiger partial charge in [-0.05, 0) is 78.2 Å². The van der Waals surface area contributed by atoms with Crippen LogP contribution in [0.15, 0.2) is 176 Å². The number of hydrogen-bond donors (Lipinski definition) is 0. The Balaban J connectivity index is 1.19. The lowest BCUT2D eigenvalue weighted by atomic mass is 9.80. The molecule has 9 aromatic rings. The Morgan fingerprint density at radius 2 is 0.830 bits per heavy atom. The topological polar surface area (TPSA) is 38.7 Å². The molecule has 53 heavy (non-hydrogen) atoms. The van der Waals surface area contributed by atoms with Crippen molar-refractivity contribution in [1.82, 2.24) is 15.0 Å². The molecule has 0 fully saturated rings. The molecule has 0 atom stereocenters. The molecule has 0 radical (unpaired) electrons. The predicted molar refractivity (Wildman–Crippen MR) is 220 cm³/mol. The van der Waals surface area contributed by atoms with Crippen molar-refractivity contribution in [3.05, 3.63) is 187 Å². The minimum atomic E-state index is -0.116. The third-order valence-electron chi connectivity index (χ3n) is 10.9. The minimum absolute atomic E-state index is 0.116. The van der Waals surface area contributed by atoms with Crippen molar-refractivity contribution in [2.45, 2.75) is 19.3 Å². The van der Waals surface area contributed by atoms with Crippen molar-refractivity contribution in [3.63, 3.8) is 0 Å². The van der Waals surface area contributed by atoms with E-state index in [1.165, 1.54) is 55.1 Å². The van der Waals surface area contributed by atoms with Gasteiger partial charge in [-0.2, -0.15) is 0 Å². The van der Waals surface area contributed by atoms with Crippen LogP contribution in [0, 0.1) is 0 Å². The van der Waals surface area contributed by atoms with Crippen LogP contribution in [0.2, 0.25) is 0 Å². The monoisotopic (exact) mass is 677 g/mol. The Kier molecular flexibility index (Phi) is 7.16.